The lowest BCUT2D eigenvalue weighted by Crippen LogP contribution is -2.04. The normalized spacial score (nSPS) is 12.7. The zero-order chi connectivity index (χ0) is 12.5. The third-order valence-corrected chi connectivity index (χ3v) is 3.76. The summed E-state index contributed by atoms with van der Waals surface area (Å²) in [5.74, 6) is 0. The molecule has 0 amide bonds. The van der Waals surface area contributed by atoms with Gasteiger partial charge in [-0.1, -0.05) is 48.0 Å². The first kappa shape index (κ1) is 11.3. The molecule has 0 radical (unpaired) electrons. The number of fused-ring (bicyclic) bond motifs is 3. The van der Waals surface area contributed by atoms with Crippen LogP contribution in [-0.4, -0.2) is 0 Å². The van der Waals surface area contributed by atoms with Crippen molar-refractivity contribution in [2.45, 2.75) is 26.2 Å². The Balaban J connectivity index is 2.10. The lowest BCUT2D eigenvalue weighted by atomic mass is 9.84. The molecule has 0 aromatic heterocycles. The molecular weight excluding hydrogens is 216 g/mol. The van der Waals surface area contributed by atoms with Crippen molar-refractivity contribution in [1.29, 1.82) is 0 Å². The molecule has 0 heteroatoms. The molecule has 0 unspecified atom stereocenters. The van der Waals surface area contributed by atoms with E-state index in [0.717, 1.165) is 12.8 Å². The molecule has 0 atom stereocenters. The fourth-order valence-electron chi connectivity index (χ4n) is 2.87. The quantitative estimate of drug-likeness (QED) is 0.672. The highest BCUT2D eigenvalue weighted by Gasteiger charge is 2.15. The standard InChI is InChI=1S/C18H18/c1-3-4-14-6-10-18-16(12-14)8-7-15-11-13(2)5-9-17(15)18/h3,5-6,9-12H,1,4,7-8H2,2H3. The Morgan fingerprint density at radius 1 is 1.00 bits per heavy atom. The van der Waals surface area contributed by atoms with E-state index in [-0.39, 0.29) is 0 Å². The Labute approximate surface area is 109 Å². The summed E-state index contributed by atoms with van der Waals surface area (Å²) < 4.78 is 0. The molecule has 18 heavy (non-hydrogen) atoms. The van der Waals surface area contributed by atoms with Gasteiger partial charge in [-0.15, -0.1) is 6.58 Å². The van der Waals surface area contributed by atoms with Crippen molar-refractivity contribution in [2.75, 3.05) is 0 Å². The fraction of sp³-hybridized carbons (Fsp3) is 0.222. The number of hydrogen-bond donors (Lipinski definition) is 0. The number of aryl methyl sites for hydroxylation is 3. The van der Waals surface area contributed by atoms with Gasteiger partial charge in [0.2, 0.25) is 0 Å². The molecule has 2 aromatic carbocycles. The van der Waals surface area contributed by atoms with E-state index in [1.807, 2.05) is 6.08 Å². The van der Waals surface area contributed by atoms with Crippen LogP contribution in [0.25, 0.3) is 11.1 Å². The lowest BCUT2D eigenvalue weighted by molar-refractivity contribution is 0.936. The molecule has 2 aromatic rings. The van der Waals surface area contributed by atoms with Gasteiger partial charge in [0.25, 0.3) is 0 Å². The van der Waals surface area contributed by atoms with Crippen LogP contribution in [0.15, 0.2) is 49.1 Å². The van der Waals surface area contributed by atoms with E-state index >= 15 is 0 Å². The van der Waals surface area contributed by atoms with Crippen LogP contribution in [0.4, 0.5) is 0 Å². The van der Waals surface area contributed by atoms with Gasteiger partial charge < -0.3 is 0 Å². The van der Waals surface area contributed by atoms with Crippen LogP contribution in [-0.2, 0) is 19.3 Å². The van der Waals surface area contributed by atoms with Crippen LogP contribution >= 0.6 is 0 Å². The lowest BCUT2D eigenvalue weighted by Gasteiger charge is -2.21. The Morgan fingerprint density at radius 2 is 1.67 bits per heavy atom. The number of allylic oxidation sites excluding steroid dienone is 1. The predicted octanol–water partition coefficient (Wildman–Crippen LogP) is 4.49. The first-order chi connectivity index (χ1) is 8.78. The second kappa shape index (κ2) is 4.45. The fourth-order valence-corrected chi connectivity index (χ4v) is 2.87. The van der Waals surface area contributed by atoms with Crippen molar-refractivity contribution in [3.63, 3.8) is 0 Å². The first-order valence-electron chi connectivity index (χ1n) is 6.60. The summed E-state index contributed by atoms with van der Waals surface area (Å²) in [6.07, 6.45) is 5.27. The van der Waals surface area contributed by atoms with Crippen molar-refractivity contribution in [3.05, 3.63) is 71.3 Å². The zero-order valence-corrected chi connectivity index (χ0v) is 10.9. The predicted molar refractivity (Wildman–Crippen MR) is 77.9 cm³/mol. The van der Waals surface area contributed by atoms with Crippen molar-refractivity contribution in [1.82, 2.24) is 0 Å². The van der Waals surface area contributed by atoms with Crippen LogP contribution in [0.2, 0.25) is 0 Å². The van der Waals surface area contributed by atoms with Crippen molar-refractivity contribution < 1.29 is 0 Å². The zero-order valence-electron chi connectivity index (χ0n) is 10.9. The van der Waals surface area contributed by atoms with E-state index in [4.69, 9.17) is 0 Å². The molecule has 0 saturated heterocycles. The van der Waals surface area contributed by atoms with Crippen molar-refractivity contribution in [2.24, 2.45) is 0 Å². The Kier molecular flexibility index (Phi) is 2.79. The maximum absolute atomic E-state index is 3.81. The highest BCUT2D eigenvalue weighted by molar-refractivity contribution is 5.73. The Hall–Kier alpha value is -1.82. The largest absolute Gasteiger partial charge is 0.103 e. The van der Waals surface area contributed by atoms with E-state index in [0.29, 0.717) is 0 Å². The molecule has 3 rings (SSSR count). The van der Waals surface area contributed by atoms with Gasteiger partial charge in [0, 0.05) is 0 Å². The van der Waals surface area contributed by atoms with Gasteiger partial charge >= 0.3 is 0 Å². The molecule has 0 heterocycles. The Morgan fingerprint density at radius 3 is 2.39 bits per heavy atom. The second-order valence-corrected chi connectivity index (χ2v) is 5.14. The number of rotatable bonds is 2. The van der Waals surface area contributed by atoms with E-state index in [1.165, 1.54) is 39.8 Å². The highest BCUT2D eigenvalue weighted by atomic mass is 14.2. The molecule has 0 fully saturated rings. The third kappa shape index (κ3) is 1.88. The molecule has 1 aliphatic carbocycles. The SMILES string of the molecule is C=CCc1ccc2c(c1)CCc1cc(C)ccc1-2. The minimum absolute atomic E-state index is 0.966. The summed E-state index contributed by atoms with van der Waals surface area (Å²) in [5.41, 5.74) is 8.57. The summed E-state index contributed by atoms with van der Waals surface area (Å²) in [6, 6.07) is 13.7. The van der Waals surface area contributed by atoms with Crippen molar-refractivity contribution in [3.8, 4) is 11.1 Å². The molecule has 0 nitrogen and oxygen atoms in total. The summed E-state index contributed by atoms with van der Waals surface area (Å²) in [5, 5.41) is 0. The van der Waals surface area contributed by atoms with Crippen LogP contribution in [0.5, 0.6) is 0 Å². The molecule has 0 bridgehead atoms. The van der Waals surface area contributed by atoms with E-state index in [1.54, 1.807) is 0 Å². The maximum atomic E-state index is 3.81. The van der Waals surface area contributed by atoms with Crippen LogP contribution in [0, 0.1) is 6.92 Å². The molecule has 0 aliphatic heterocycles. The number of hydrogen-bond acceptors (Lipinski definition) is 0. The van der Waals surface area contributed by atoms with E-state index < -0.39 is 0 Å². The average Bonchev–Trinajstić information content (AvgIpc) is 2.38. The van der Waals surface area contributed by atoms with E-state index in [2.05, 4.69) is 49.9 Å². The number of benzene rings is 2. The molecule has 0 N–H and O–H groups in total. The van der Waals surface area contributed by atoms with Crippen LogP contribution < -0.4 is 0 Å². The van der Waals surface area contributed by atoms with Gasteiger partial charge in [0.15, 0.2) is 0 Å². The first-order valence-corrected chi connectivity index (χ1v) is 6.60. The van der Waals surface area contributed by atoms with Gasteiger partial charge in [0.05, 0.1) is 0 Å². The topological polar surface area (TPSA) is 0 Å². The molecular formula is C18H18. The van der Waals surface area contributed by atoms with Crippen LogP contribution in [0.3, 0.4) is 0 Å². The highest BCUT2D eigenvalue weighted by Crippen LogP contribution is 2.34. The second-order valence-electron chi connectivity index (χ2n) is 5.14. The van der Waals surface area contributed by atoms with Gasteiger partial charge in [0.1, 0.15) is 0 Å². The van der Waals surface area contributed by atoms with E-state index in [9.17, 15) is 0 Å². The van der Waals surface area contributed by atoms with Gasteiger partial charge in [-0.3, -0.25) is 0 Å². The van der Waals surface area contributed by atoms with Gasteiger partial charge in [-0.25, -0.2) is 0 Å². The average molecular weight is 234 g/mol. The molecule has 90 valence electrons. The van der Waals surface area contributed by atoms with Crippen molar-refractivity contribution >= 4 is 0 Å². The van der Waals surface area contributed by atoms with Gasteiger partial charge in [-0.05, 0) is 54.0 Å². The monoisotopic (exact) mass is 234 g/mol. The third-order valence-electron chi connectivity index (χ3n) is 3.76. The van der Waals surface area contributed by atoms with Crippen LogP contribution in [0.1, 0.15) is 22.3 Å². The molecule has 0 spiro atoms. The Bertz CT molecular complexity index is 605. The molecule has 0 saturated carbocycles. The maximum Gasteiger partial charge on any atom is -0.0100 e. The minimum atomic E-state index is 0.966. The summed E-state index contributed by atoms with van der Waals surface area (Å²) in [7, 11) is 0. The minimum Gasteiger partial charge on any atom is -0.103 e. The summed E-state index contributed by atoms with van der Waals surface area (Å²) >= 11 is 0. The molecule has 1 aliphatic rings. The summed E-state index contributed by atoms with van der Waals surface area (Å²) in [6.45, 7) is 5.98. The van der Waals surface area contributed by atoms with Gasteiger partial charge in [-0.2, -0.15) is 0 Å². The smallest absolute Gasteiger partial charge is 0.0100 e. The summed E-state index contributed by atoms with van der Waals surface area (Å²) in [4.78, 5) is 0.